The minimum atomic E-state index is -0.689. The van der Waals surface area contributed by atoms with Gasteiger partial charge in [0.25, 0.3) is 11.7 Å². The molecule has 1 aliphatic heterocycles. The lowest BCUT2D eigenvalue weighted by atomic mass is 10.1. The number of carbonyl (C=O) groups excluding carboxylic acids is 3. The number of likely N-dealkylation sites (N-methyl/N-ethyl adjacent to an activating group) is 1. The number of nitrogens with zero attached hydrogens (tertiary/aromatic N) is 2. The third-order valence-electron chi connectivity index (χ3n) is 3.72. The molecule has 1 aromatic carbocycles. The van der Waals surface area contributed by atoms with E-state index >= 15 is 0 Å². The number of benzene rings is 1. The fourth-order valence-corrected chi connectivity index (χ4v) is 2.65. The van der Waals surface area contributed by atoms with E-state index in [0.29, 0.717) is 10.7 Å². The lowest BCUT2D eigenvalue weighted by Crippen LogP contribution is -2.41. The molecule has 1 saturated carbocycles. The van der Waals surface area contributed by atoms with Gasteiger partial charge in [-0.15, -0.1) is 0 Å². The van der Waals surface area contributed by atoms with E-state index in [4.69, 9.17) is 11.6 Å². The highest BCUT2D eigenvalue weighted by Gasteiger charge is 2.39. The Balaban J connectivity index is 1.89. The second kappa shape index (κ2) is 4.59. The zero-order valence-corrected chi connectivity index (χ0v) is 11.7. The first-order valence-electron chi connectivity index (χ1n) is 6.41. The molecule has 3 rings (SSSR count). The normalized spacial score (nSPS) is 17.4. The third-order valence-corrected chi connectivity index (χ3v) is 4.03. The molecule has 104 valence electrons. The van der Waals surface area contributed by atoms with Crippen LogP contribution in [0.2, 0.25) is 5.02 Å². The van der Waals surface area contributed by atoms with E-state index in [1.165, 1.54) is 4.90 Å². The Morgan fingerprint density at radius 2 is 2.10 bits per heavy atom. The van der Waals surface area contributed by atoms with E-state index in [1.54, 1.807) is 30.1 Å². The van der Waals surface area contributed by atoms with Gasteiger partial charge < -0.3 is 4.90 Å². The number of anilines is 1. The highest BCUT2D eigenvalue weighted by Crippen LogP contribution is 2.36. The van der Waals surface area contributed by atoms with Gasteiger partial charge in [-0.05, 0) is 25.0 Å². The minimum absolute atomic E-state index is 0.145. The van der Waals surface area contributed by atoms with E-state index in [0.717, 1.165) is 12.8 Å². The summed E-state index contributed by atoms with van der Waals surface area (Å²) < 4.78 is 0. The van der Waals surface area contributed by atoms with Gasteiger partial charge in [-0.1, -0.05) is 17.7 Å². The fourth-order valence-electron chi connectivity index (χ4n) is 2.38. The number of hydrogen-bond acceptors (Lipinski definition) is 3. The topological polar surface area (TPSA) is 57.7 Å². The molecule has 6 heteroatoms. The van der Waals surface area contributed by atoms with Gasteiger partial charge in [-0.25, -0.2) is 0 Å². The molecule has 0 spiro atoms. The number of para-hydroxylation sites is 1. The first kappa shape index (κ1) is 13.1. The van der Waals surface area contributed by atoms with Crippen molar-refractivity contribution >= 4 is 34.9 Å². The molecule has 5 nitrogen and oxygen atoms in total. The third kappa shape index (κ3) is 1.98. The predicted octanol–water partition coefficient (Wildman–Crippen LogP) is 1.49. The number of halogens is 1. The Bertz CT molecular complexity index is 625. The number of Topliss-reactive ketones (excluding diaryl/α,β-unsaturated/α-hetero) is 1. The summed E-state index contributed by atoms with van der Waals surface area (Å²) in [5.41, 5.74) is 0.617. The van der Waals surface area contributed by atoms with Crippen LogP contribution in [0.4, 0.5) is 5.69 Å². The Kier molecular flexibility index (Phi) is 3.01. The summed E-state index contributed by atoms with van der Waals surface area (Å²) in [5, 5.41) is 0.309. The van der Waals surface area contributed by atoms with Crippen molar-refractivity contribution in [3.8, 4) is 0 Å². The molecule has 0 N–H and O–H groups in total. The van der Waals surface area contributed by atoms with E-state index in [2.05, 4.69) is 0 Å². The van der Waals surface area contributed by atoms with Crippen molar-refractivity contribution in [3.63, 3.8) is 0 Å². The maximum Gasteiger partial charge on any atom is 0.300 e. The standard InChI is InChI=1S/C14H13ClN2O3/c1-16(8-5-6-8)11(18)7-17-12-9(13(19)14(17)20)3-2-4-10(12)15/h2-4,8H,5-7H2,1H3. The maximum atomic E-state index is 12.1. The van der Waals surface area contributed by atoms with Crippen LogP contribution in [-0.4, -0.2) is 42.1 Å². The lowest BCUT2D eigenvalue weighted by molar-refractivity contribution is -0.130. The van der Waals surface area contributed by atoms with E-state index in [1.807, 2.05) is 0 Å². The van der Waals surface area contributed by atoms with Crippen LogP contribution in [0.5, 0.6) is 0 Å². The molecule has 20 heavy (non-hydrogen) atoms. The zero-order chi connectivity index (χ0) is 14.4. The predicted molar refractivity (Wildman–Crippen MR) is 73.9 cm³/mol. The monoisotopic (exact) mass is 292 g/mol. The Labute approximate surface area is 121 Å². The molecule has 1 aromatic rings. The van der Waals surface area contributed by atoms with Crippen molar-refractivity contribution in [1.29, 1.82) is 0 Å². The van der Waals surface area contributed by atoms with Gasteiger partial charge in [0.15, 0.2) is 0 Å². The van der Waals surface area contributed by atoms with E-state index < -0.39 is 11.7 Å². The van der Waals surface area contributed by atoms with Crippen LogP contribution in [0, 0.1) is 0 Å². The first-order chi connectivity index (χ1) is 9.50. The lowest BCUT2D eigenvalue weighted by Gasteiger charge is -2.22. The molecule has 0 aromatic heterocycles. The molecule has 0 atom stereocenters. The fraction of sp³-hybridized carbons (Fsp3) is 0.357. The van der Waals surface area contributed by atoms with Crippen LogP contribution in [0.1, 0.15) is 23.2 Å². The second-order valence-electron chi connectivity index (χ2n) is 5.09. The summed E-state index contributed by atoms with van der Waals surface area (Å²) in [5.74, 6) is -1.48. The van der Waals surface area contributed by atoms with Gasteiger partial charge >= 0.3 is 0 Å². The summed E-state index contributed by atoms with van der Waals surface area (Å²) in [6.07, 6.45) is 1.99. The van der Waals surface area contributed by atoms with E-state index in [-0.39, 0.29) is 24.1 Å². The van der Waals surface area contributed by atoms with Crippen LogP contribution >= 0.6 is 11.6 Å². The van der Waals surface area contributed by atoms with Crippen molar-refractivity contribution in [2.24, 2.45) is 0 Å². The van der Waals surface area contributed by atoms with Gasteiger partial charge in [0.1, 0.15) is 6.54 Å². The summed E-state index contributed by atoms with van der Waals surface area (Å²) in [7, 11) is 1.72. The molecular weight excluding hydrogens is 280 g/mol. The number of rotatable bonds is 3. The maximum absolute atomic E-state index is 12.1. The molecule has 1 fully saturated rings. The highest BCUT2D eigenvalue weighted by molar-refractivity contribution is 6.54. The largest absolute Gasteiger partial charge is 0.341 e. The van der Waals surface area contributed by atoms with Gasteiger partial charge in [0, 0.05) is 13.1 Å². The summed E-state index contributed by atoms with van der Waals surface area (Å²) >= 11 is 6.06. The number of ketones is 1. The molecular formula is C14H13ClN2O3. The van der Waals surface area contributed by atoms with Crippen LogP contribution in [0.15, 0.2) is 18.2 Å². The summed E-state index contributed by atoms with van der Waals surface area (Å²) in [6, 6.07) is 5.04. The highest BCUT2D eigenvalue weighted by atomic mass is 35.5. The quantitative estimate of drug-likeness (QED) is 0.793. The van der Waals surface area contributed by atoms with Crippen molar-refractivity contribution in [1.82, 2.24) is 4.90 Å². The first-order valence-corrected chi connectivity index (χ1v) is 6.79. The van der Waals surface area contributed by atoms with Gasteiger partial charge in [-0.2, -0.15) is 0 Å². The second-order valence-corrected chi connectivity index (χ2v) is 5.50. The van der Waals surface area contributed by atoms with Crippen molar-refractivity contribution < 1.29 is 14.4 Å². The van der Waals surface area contributed by atoms with Gasteiger partial charge in [0.2, 0.25) is 5.91 Å². The SMILES string of the molecule is CN(C(=O)CN1C(=O)C(=O)c2cccc(Cl)c21)C1CC1. The molecule has 0 unspecified atom stereocenters. The summed E-state index contributed by atoms with van der Waals surface area (Å²) in [6.45, 7) is -0.145. The molecule has 2 amide bonds. The Morgan fingerprint density at radius 3 is 2.75 bits per heavy atom. The van der Waals surface area contributed by atoms with Crippen LogP contribution in [0.25, 0.3) is 0 Å². The molecule has 1 heterocycles. The van der Waals surface area contributed by atoms with Crippen molar-refractivity contribution in [2.45, 2.75) is 18.9 Å². The number of amides is 2. The Morgan fingerprint density at radius 1 is 1.40 bits per heavy atom. The zero-order valence-electron chi connectivity index (χ0n) is 10.9. The van der Waals surface area contributed by atoms with Crippen molar-refractivity contribution in [3.05, 3.63) is 28.8 Å². The number of carbonyl (C=O) groups is 3. The van der Waals surface area contributed by atoms with Crippen LogP contribution < -0.4 is 4.90 Å². The van der Waals surface area contributed by atoms with Crippen molar-refractivity contribution in [2.75, 3.05) is 18.5 Å². The molecule has 0 radical (unpaired) electrons. The number of hydrogen-bond donors (Lipinski definition) is 0. The number of fused-ring (bicyclic) bond motifs is 1. The molecule has 0 saturated heterocycles. The van der Waals surface area contributed by atoms with Gasteiger partial charge in [0.05, 0.1) is 16.3 Å². The molecule has 0 bridgehead atoms. The van der Waals surface area contributed by atoms with Gasteiger partial charge in [-0.3, -0.25) is 19.3 Å². The Hall–Kier alpha value is -1.88. The average molecular weight is 293 g/mol. The average Bonchev–Trinajstić information content (AvgIpc) is 3.23. The molecule has 2 aliphatic rings. The summed E-state index contributed by atoms with van der Waals surface area (Å²) in [4.78, 5) is 38.8. The smallest absolute Gasteiger partial charge is 0.300 e. The van der Waals surface area contributed by atoms with Crippen LogP contribution in [-0.2, 0) is 9.59 Å². The van der Waals surface area contributed by atoms with Crippen LogP contribution in [0.3, 0.4) is 0 Å². The minimum Gasteiger partial charge on any atom is -0.341 e. The van der Waals surface area contributed by atoms with E-state index in [9.17, 15) is 14.4 Å². The molecule has 1 aliphatic carbocycles.